The Bertz CT molecular complexity index is 923. The predicted octanol–water partition coefficient (Wildman–Crippen LogP) is 2.88. The standard InChI is InChI=1S/C20H31FN2O6SSi/c1-20(2,3)31(5)29-14-9-10-22(11-14)18-16(21)7-6-8-17(18)23-12-15(28-19(23)24)13-30(25,26)27-4/h6-8,14-15,31H,9-13H2,1-5H3. The van der Waals surface area contributed by atoms with Gasteiger partial charge in [0.15, 0.2) is 9.04 Å². The molecule has 174 valence electrons. The highest BCUT2D eigenvalue weighted by atomic mass is 32.2. The fourth-order valence-corrected chi connectivity index (χ4v) is 5.64. The van der Waals surface area contributed by atoms with Crippen LogP contribution in [0.15, 0.2) is 18.2 Å². The quantitative estimate of drug-likeness (QED) is 0.444. The van der Waals surface area contributed by atoms with Crippen molar-refractivity contribution in [2.24, 2.45) is 0 Å². The highest BCUT2D eigenvalue weighted by molar-refractivity contribution is 7.86. The van der Waals surface area contributed by atoms with Crippen molar-refractivity contribution in [1.82, 2.24) is 0 Å². The number of hydrogen-bond donors (Lipinski definition) is 0. The molecule has 3 rings (SSSR count). The van der Waals surface area contributed by atoms with Gasteiger partial charge in [0.2, 0.25) is 0 Å². The topological polar surface area (TPSA) is 85.4 Å². The number of halogens is 1. The van der Waals surface area contributed by atoms with Gasteiger partial charge in [-0.15, -0.1) is 0 Å². The molecule has 8 nitrogen and oxygen atoms in total. The molecule has 11 heteroatoms. The Hall–Kier alpha value is -1.69. The number of ether oxygens (including phenoxy) is 1. The van der Waals surface area contributed by atoms with E-state index in [2.05, 4.69) is 31.5 Å². The molecule has 1 aromatic rings. The van der Waals surface area contributed by atoms with E-state index in [0.29, 0.717) is 24.5 Å². The van der Waals surface area contributed by atoms with Gasteiger partial charge in [0.1, 0.15) is 17.7 Å². The zero-order valence-electron chi connectivity index (χ0n) is 18.6. The number of anilines is 2. The number of rotatable bonds is 7. The van der Waals surface area contributed by atoms with Crippen LogP contribution in [0.4, 0.5) is 20.6 Å². The number of amides is 1. The van der Waals surface area contributed by atoms with Crippen LogP contribution in [-0.4, -0.2) is 68.3 Å². The highest BCUT2D eigenvalue weighted by Crippen LogP contribution is 2.38. The monoisotopic (exact) mass is 474 g/mol. The molecule has 0 aliphatic carbocycles. The zero-order chi connectivity index (χ0) is 23.0. The van der Waals surface area contributed by atoms with Gasteiger partial charge in [-0.3, -0.25) is 9.08 Å². The number of benzene rings is 1. The molecule has 2 aliphatic rings. The molecule has 2 saturated heterocycles. The van der Waals surface area contributed by atoms with Crippen LogP contribution in [-0.2, 0) is 23.5 Å². The third kappa shape index (κ3) is 5.57. The molecule has 0 aromatic heterocycles. The van der Waals surface area contributed by atoms with Gasteiger partial charge in [-0.05, 0) is 30.1 Å². The van der Waals surface area contributed by atoms with Gasteiger partial charge in [-0.2, -0.15) is 8.42 Å². The third-order valence-corrected chi connectivity index (χ3v) is 10.4. The summed E-state index contributed by atoms with van der Waals surface area (Å²) in [5, 5.41) is 0.132. The molecule has 3 atom stereocenters. The van der Waals surface area contributed by atoms with Crippen molar-refractivity contribution in [2.75, 3.05) is 42.3 Å². The first-order valence-electron chi connectivity index (χ1n) is 10.4. The Kier molecular flexibility index (Phi) is 6.99. The predicted molar refractivity (Wildman–Crippen MR) is 119 cm³/mol. The molecule has 2 aliphatic heterocycles. The number of carbonyl (C=O) groups is 1. The molecule has 0 radical (unpaired) electrons. The first kappa shape index (κ1) is 24.0. The van der Waals surface area contributed by atoms with Gasteiger partial charge >= 0.3 is 6.09 Å². The minimum absolute atomic E-state index is 0.000380. The summed E-state index contributed by atoms with van der Waals surface area (Å²) < 4.78 is 54.3. The van der Waals surface area contributed by atoms with Crippen molar-refractivity contribution < 1.29 is 30.9 Å². The Morgan fingerprint density at radius 1 is 1.29 bits per heavy atom. The van der Waals surface area contributed by atoms with E-state index in [4.69, 9.17) is 9.16 Å². The summed E-state index contributed by atoms with van der Waals surface area (Å²) in [5.74, 6) is -0.897. The number of cyclic esters (lactones) is 1. The number of para-hydroxylation sites is 1. The van der Waals surface area contributed by atoms with Crippen LogP contribution in [0, 0.1) is 5.82 Å². The average Bonchev–Trinajstić information content (AvgIpc) is 3.26. The van der Waals surface area contributed by atoms with E-state index in [1.165, 1.54) is 17.0 Å². The number of carbonyl (C=O) groups excluding carboxylic acids is 1. The molecular formula is C20H31FN2O6SSi. The van der Waals surface area contributed by atoms with Crippen LogP contribution in [0.2, 0.25) is 11.6 Å². The van der Waals surface area contributed by atoms with Crippen molar-refractivity contribution in [1.29, 1.82) is 0 Å². The summed E-state index contributed by atoms with van der Waals surface area (Å²) in [7, 11) is -4.17. The van der Waals surface area contributed by atoms with Crippen molar-refractivity contribution in [3.8, 4) is 0 Å². The van der Waals surface area contributed by atoms with Crippen molar-refractivity contribution >= 4 is 36.6 Å². The molecular weight excluding hydrogens is 443 g/mol. The molecule has 0 saturated carbocycles. The lowest BCUT2D eigenvalue weighted by molar-refractivity contribution is 0.150. The van der Waals surface area contributed by atoms with Crippen molar-refractivity contribution in [3.05, 3.63) is 24.0 Å². The van der Waals surface area contributed by atoms with E-state index >= 15 is 0 Å². The van der Waals surface area contributed by atoms with E-state index < -0.39 is 42.9 Å². The summed E-state index contributed by atoms with van der Waals surface area (Å²) in [6.07, 6.45) is -0.801. The van der Waals surface area contributed by atoms with E-state index in [1.807, 2.05) is 4.90 Å². The van der Waals surface area contributed by atoms with Gasteiger partial charge in [0.25, 0.3) is 10.1 Å². The van der Waals surface area contributed by atoms with Crippen LogP contribution in [0.3, 0.4) is 0 Å². The van der Waals surface area contributed by atoms with E-state index in [-0.39, 0.29) is 17.7 Å². The molecule has 0 spiro atoms. The molecule has 0 bridgehead atoms. The van der Waals surface area contributed by atoms with E-state index in [1.54, 1.807) is 6.07 Å². The minimum Gasteiger partial charge on any atom is -0.443 e. The maximum Gasteiger partial charge on any atom is 0.414 e. The van der Waals surface area contributed by atoms with Crippen LogP contribution in [0.5, 0.6) is 0 Å². The number of hydrogen-bond acceptors (Lipinski definition) is 7. The van der Waals surface area contributed by atoms with Crippen molar-refractivity contribution in [3.63, 3.8) is 0 Å². The summed E-state index contributed by atoms with van der Waals surface area (Å²) in [6.45, 7) is 9.82. The van der Waals surface area contributed by atoms with Crippen LogP contribution in [0.25, 0.3) is 0 Å². The zero-order valence-corrected chi connectivity index (χ0v) is 20.6. The summed E-state index contributed by atoms with van der Waals surface area (Å²) in [6, 6.07) is 4.53. The van der Waals surface area contributed by atoms with Crippen LogP contribution >= 0.6 is 0 Å². The molecule has 1 aromatic carbocycles. The lowest BCUT2D eigenvalue weighted by atomic mass is 10.2. The highest BCUT2D eigenvalue weighted by Gasteiger charge is 2.39. The van der Waals surface area contributed by atoms with Crippen LogP contribution < -0.4 is 9.80 Å². The number of nitrogens with zero attached hydrogens (tertiary/aromatic N) is 2. The molecule has 2 fully saturated rings. The lowest BCUT2D eigenvalue weighted by Gasteiger charge is -2.29. The van der Waals surface area contributed by atoms with E-state index in [9.17, 15) is 17.6 Å². The van der Waals surface area contributed by atoms with Gasteiger partial charge in [0.05, 0.1) is 31.1 Å². The normalized spacial score (nSPS) is 23.4. The lowest BCUT2D eigenvalue weighted by Crippen LogP contribution is -2.34. The molecule has 0 N–H and O–H groups in total. The first-order chi connectivity index (χ1) is 14.4. The smallest absolute Gasteiger partial charge is 0.414 e. The van der Waals surface area contributed by atoms with Gasteiger partial charge in [0, 0.05) is 13.1 Å². The first-order valence-corrected chi connectivity index (χ1v) is 14.1. The van der Waals surface area contributed by atoms with Gasteiger partial charge < -0.3 is 14.1 Å². The second kappa shape index (κ2) is 9.05. The Morgan fingerprint density at radius 3 is 2.65 bits per heavy atom. The average molecular weight is 475 g/mol. The largest absolute Gasteiger partial charge is 0.443 e. The molecule has 1 amide bonds. The SMILES string of the molecule is COS(=O)(=O)CC1CN(c2cccc(F)c2N2CCC(O[SiH](C)C(C)(C)C)C2)C(=O)O1. The van der Waals surface area contributed by atoms with Crippen LogP contribution in [0.1, 0.15) is 27.2 Å². The Morgan fingerprint density at radius 2 is 2.00 bits per heavy atom. The molecule has 31 heavy (non-hydrogen) atoms. The fraction of sp³-hybridized carbons (Fsp3) is 0.650. The second-order valence-corrected chi connectivity index (χ2v) is 14.2. The van der Waals surface area contributed by atoms with E-state index in [0.717, 1.165) is 13.5 Å². The van der Waals surface area contributed by atoms with Gasteiger partial charge in [-0.25, -0.2) is 9.18 Å². The maximum absolute atomic E-state index is 14.9. The maximum atomic E-state index is 14.9. The van der Waals surface area contributed by atoms with Crippen molar-refractivity contribution in [2.45, 2.75) is 51.0 Å². The second-order valence-electron chi connectivity index (χ2n) is 9.12. The summed E-state index contributed by atoms with van der Waals surface area (Å²) in [4.78, 5) is 15.6. The Balaban J connectivity index is 1.78. The molecule has 2 heterocycles. The van der Waals surface area contributed by atoms with Gasteiger partial charge in [-0.1, -0.05) is 26.8 Å². The third-order valence-electron chi connectivity index (χ3n) is 5.85. The summed E-state index contributed by atoms with van der Waals surface area (Å²) >= 11 is 0. The molecule has 3 unspecified atom stereocenters. The Labute approximate surface area is 185 Å². The summed E-state index contributed by atoms with van der Waals surface area (Å²) in [5.41, 5.74) is 0.676. The minimum atomic E-state index is -3.80. The fourth-order valence-electron chi connectivity index (χ4n) is 3.67.